The molecule has 2 aromatic rings. The number of anilines is 1. The van der Waals surface area contributed by atoms with Crippen LogP contribution in [0.15, 0.2) is 29.6 Å². The van der Waals surface area contributed by atoms with Crippen LogP contribution >= 0.6 is 23.7 Å². The smallest absolute Gasteiger partial charge is 0.275 e. The quantitative estimate of drug-likeness (QED) is 0.755. The number of morpholine rings is 1. The van der Waals surface area contributed by atoms with Gasteiger partial charge in [-0.1, -0.05) is 12.1 Å². The van der Waals surface area contributed by atoms with Crippen LogP contribution in [0.2, 0.25) is 0 Å². The van der Waals surface area contributed by atoms with Gasteiger partial charge in [-0.15, -0.1) is 23.7 Å². The number of halogens is 1. The molecule has 0 unspecified atom stereocenters. The van der Waals surface area contributed by atoms with Crippen LogP contribution in [0.3, 0.4) is 0 Å². The molecule has 0 atom stereocenters. The third-order valence-electron chi connectivity index (χ3n) is 4.07. The number of ether oxygens (including phenoxy) is 1. The highest BCUT2D eigenvalue weighted by Crippen LogP contribution is 2.15. The Morgan fingerprint density at radius 3 is 2.59 bits per heavy atom. The molecule has 146 valence electrons. The van der Waals surface area contributed by atoms with E-state index in [1.54, 1.807) is 17.5 Å². The number of hydrogen-bond donors (Lipinski definition) is 2. The van der Waals surface area contributed by atoms with Gasteiger partial charge in [0.05, 0.1) is 24.6 Å². The summed E-state index contributed by atoms with van der Waals surface area (Å²) in [7, 11) is 0. The molecule has 2 amide bonds. The van der Waals surface area contributed by atoms with Crippen LogP contribution in [0.1, 0.15) is 21.1 Å². The number of thiazole rings is 1. The number of nitrogens with zero attached hydrogens (tertiary/aromatic N) is 2. The van der Waals surface area contributed by atoms with E-state index >= 15 is 0 Å². The summed E-state index contributed by atoms with van der Waals surface area (Å²) in [5.41, 5.74) is 7.48. The van der Waals surface area contributed by atoms with Crippen LogP contribution in [-0.2, 0) is 22.4 Å². The molecule has 3 rings (SSSR count). The van der Waals surface area contributed by atoms with Gasteiger partial charge >= 0.3 is 0 Å². The number of aromatic nitrogens is 1. The lowest BCUT2D eigenvalue weighted by Crippen LogP contribution is -2.41. The first-order valence-electron chi connectivity index (χ1n) is 8.56. The molecule has 0 spiro atoms. The van der Waals surface area contributed by atoms with Gasteiger partial charge in [0.2, 0.25) is 5.91 Å². The van der Waals surface area contributed by atoms with E-state index in [0.29, 0.717) is 57.1 Å². The van der Waals surface area contributed by atoms with E-state index in [9.17, 15) is 9.59 Å². The molecule has 3 N–H and O–H groups in total. The van der Waals surface area contributed by atoms with Crippen molar-refractivity contribution in [2.75, 3.05) is 38.2 Å². The second-order valence-corrected chi connectivity index (χ2v) is 6.93. The fourth-order valence-electron chi connectivity index (χ4n) is 2.65. The average Bonchev–Trinajstić information content (AvgIpc) is 3.13. The second kappa shape index (κ2) is 10.4. The van der Waals surface area contributed by atoms with Gasteiger partial charge in [-0.05, 0) is 24.2 Å². The first-order chi connectivity index (χ1) is 12.7. The van der Waals surface area contributed by atoms with Crippen molar-refractivity contribution < 1.29 is 14.3 Å². The van der Waals surface area contributed by atoms with Gasteiger partial charge in [0, 0.05) is 30.6 Å². The summed E-state index contributed by atoms with van der Waals surface area (Å²) < 4.78 is 5.26. The maximum Gasteiger partial charge on any atom is 0.275 e. The van der Waals surface area contributed by atoms with Crippen LogP contribution < -0.4 is 11.1 Å². The Kier molecular flexibility index (Phi) is 8.18. The zero-order chi connectivity index (χ0) is 18.4. The van der Waals surface area contributed by atoms with E-state index in [0.717, 1.165) is 10.6 Å². The number of nitrogens with one attached hydrogen (secondary N) is 1. The lowest BCUT2D eigenvalue weighted by molar-refractivity contribution is -0.134. The van der Waals surface area contributed by atoms with E-state index in [2.05, 4.69) is 10.3 Å². The minimum Gasteiger partial charge on any atom is -0.378 e. The molecule has 1 saturated heterocycles. The van der Waals surface area contributed by atoms with E-state index < -0.39 is 0 Å². The first kappa shape index (κ1) is 21.3. The average molecular weight is 411 g/mol. The summed E-state index contributed by atoms with van der Waals surface area (Å²) in [6.45, 7) is 3.00. The van der Waals surface area contributed by atoms with Crippen molar-refractivity contribution in [1.29, 1.82) is 0 Å². The molecule has 9 heteroatoms. The first-order valence-corrected chi connectivity index (χ1v) is 9.44. The number of amides is 2. The zero-order valence-electron chi connectivity index (χ0n) is 14.8. The number of hydrogen-bond acceptors (Lipinski definition) is 6. The molecule has 1 aromatic carbocycles. The molecule has 0 radical (unpaired) electrons. The van der Waals surface area contributed by atoms with Crippen LogP contribution in [0, 0.1) is 0 Å². The Bertz CT molecular complexity index is 760. The van der Waals surface area contributed by atoms with Gasteiger partial charge in [0.25, 0.3) is 5.91 Å². The Morgan fingerprint density at radius 2 is 1.93 bits per heavy atom. The predicted octanol–water partition coefficient (Wildman–Crippen LogP) is 1.72. The summed E-state index contributed by atoms with van der Waals surface area (Å²) >= 11 is 1.43. The van der Waals surface area contributed by atoms with Gasteiger partial charge in [-0.3, -0.25) is 9.59 Å². The molecule has 0 saturated carbocycles. The number of benzene rings is 1. The Balaban J connectivity index is 0.00000261. The maximum absolute atomic E-state index is 12.3. The fraction of sp³-hybridized carbons (Fsp3) is 0.389. The topological polar surface area (TPSA) is 97.5 Å². The highest BCUT2D eigenvalue weighted by atomic mass is 35.5. The lowest BCUT2D eigenvalue weighted by atomic mass is 10.1. The molecular weight excluding hydrogens is 388 g/mol. The van der Waals surface area contributed by atoms with Gasteiger partial charge in [-0.2, -0.15) is 0 Å². The van der Waals surface area contributed by atoms with Crippen molar-refractivity contribution in [2.45, 2.75) is 12.8 Å². The molecular formula is C18H23ClN4O3S. The minimum absolute atomic E-state index is 0. The normalized spacial score (nSPS) is 13.7. The third kappa shape index (κ3) is 6.00. The van der Waals surface area contributed by atoms with Gasteiger partial charge in [0.1, 0.15) is 5.69 Å². The monoisotopic (exact) mass is 410 g/mol. The van der Waals surface area contributed by atoms with Crippen molar-refractivity contribution in [1.82, 2.24) is 9.88 Å². The Morgan fingerprint density at radius 1 is 1.22 bits per heavy atom. The van der Waals surface area contributed by atoms with Gasteiger partial charge < -0.3 is 20.7 Å². The van der Waals surface area contributed by atoms with E-state index in [1.807, 2.05) is 17.0 Å². The Labute approximate surface area is 168 Å². The summed E-state index contributed by atoms with van der Waals surface area (Å²) in [6, 6.07) is 7.31. The van der Waals surface area contributed by atoms with Crippen molar-refractivity contribution in [2.24, 2.45) is 5.73 Å². The highest BCUT2D eigenvalue weighted by Gasteiger charge is 2.17. The summed E-state index contributed by atoms with van der Waals surface area (Å²) in [5, 5.41) is 5.41. The predicted molar refractivity (Wildman–Crippen MR) is 108 cm³/mol. The molecule has 1 fully saturated rings. The lowest BCUT2D eigenvalue weighted by Gasteiger charge is -2.26. The fourth-order valence-corrected chi connectivity index (χ4v) is 3.45. The summed E-state index contributed by atoms with van der Waals surface area (Å²) in [4.78, 5) is 30.6. The molecule has 7 nitrogen and oxygen atoms in total. The largest absolute Gasteiger partial charge is 0.378 e. The molecule has 1 aliphatic heterocycles. The van der Waals surface area contributed by atoms with Gasteiger partial charge in [-0.25, -0.2) is 4.98 Å². The summed E-state index contributed by atoms with van der Waals surface area (Å²) in [5.74, 6) is -0.151. The molecule has 1 aliphatic rings. The SMILES string of the molecule is Cl.NCCc1nc(C(=O)Nc2ccc(CC(=O)N3CCOCC3)cc2)cs1. The number of nitrogens with two attached hydrogens (primary N) is 1. The zero-order valence-corrected chi connectivity index (χ0v) is 16.5. The van der Waals surface area contributed by atoms with Crippen LogP contribution in [0.25, 0.3) is 0 Å². The van der Waals surface area contributed by atoms with Crippen LogP contribution in [-0.4, -0.2) is 54.5 Å². The third-order valence-corrected chi connectivity index (χ3v) is 4.98. The molecule has 1 aromatic heterocycles. The second-order valence-electron chi connectivity index (χ2n) is 5.99. The number of carbonyl (C=O) groups excluding carboxylic acids is 2. The molecule has 0 aliphatic carbocycles. The van der Waals surface area contributed by atoms with Crippen LogP contribution in [0.4, 0.5) is 5.69 Å². The molecule has 27 heavy (non-hydrogen) atoms. The van der Waals surface area contributed by atoms with Crippen molar-refractivity contribution >= 4 is 41.2 Å². The summed E-state index contributed by atoms with van der Waals surface area (Å²) in [6.07, 6.45) is 1.02. The van der Waals surface area contributed by atoms with Crippen molar-refractivity contribution in [3.8, 4) is 0 Å². The number of carbonyl (C=O) groups is 2. The van der Waals surface area contributed by atoms with Crippen molar-refractivity contribution in [3.63, 3.8) is 0 Å². The van der Waals surface area contributed by atoms with E-state index in [1.165, 1.54) is 11.3 Å². The maximum atomic E-state index is 12.3. The van der Waals surface area contributed by atoms with E-state index in [-0.39, 0.29) is 24.2 Å². The van der Waals surface area contributed by atoms with E-state index in [4.69, 9.17) is 10.5 Å². The molecule has 2 heterocycles. The molecule has 0 bridgehead atoms. The minimum atomic E-state index is -0.248. The Hall–Kier alpha value is -2.00. The van der Waals surface area contributed by atoms with Gasteiger partial charge in [0.15, 0.2) is 0 Å². The standard InChI is InChI=1S/C18H22N4O3S.ClH/c19-6-5-16-21-15(12-26-16)18(24)20-14-3-1-13(2-4-14)11-17(23)22-7-9-25-10-8-22;/h1-4,12H,5-11,19H2,(H,20,24);1H. The van der Waals surface area contributed by atoms with Crippen molar-refractivity contribution in [3.05, 3.63) is 45.9 Å². The van der Waals surface area contributed by atoms with Crippen LogP contribution in [0.5, 0.6) is 0 Å². The number of rotatable bonds is 6. The highest BCUT2D eigenvalue weighted by molar-refractivity contribution is 7.09.